The van der Waals surface area contributed by atoms with Crippen LogP contribution in [0.5, 0.6) is 0 Å². The number of nitrogens with zero attached hydrogens (tertiary/aromatic N) is 3. The maximum absolute atomic E-state index is 13.9. The predicted octanol–water partition coefficient (Wildman–Crippen LogP) is 5.13. The number of amides is 1. The fourth-order valence-electron chi connectivity index (χ4n) is 4.11. The molecule has 0 atom stereocenters. The molecule has 0 bridgehead atoms. The molecule has 8 heteroatoms. The normalized spacial score (nSPS) is 14.4. The first-order chi connectivity index (χ1) is 16.6. The van der Waals surface area contributed by atoms with Crippen molar-refractivity contribution in [3.8, 4) is 22.4 Å². The largest absolute Gasteiger partial charge is 0.379 e. The molecule has 4 aromatic rings. The Labute approximate surface area is 201 Å². The summed E-state index contributed by atoms with van der Waals surface area (Å²) in [5, 5.41) is 2.99. The highest BCUT2D eigenvalue weighted by molar-refractivity contribution is 7.16. The number of hydrogen-bond donors (Lipinski definition) is 1. The van der Waals surface area contributed by atoms with Gasteiger partial charge in [0.05, 0.1) is 46.5 Å². The molecule has 0 unspecified atom stereocenters. The summed E-state index contributed by atoms with van der Waals surface area (Å²) < 4.78 is 20.3. The van der Waals surface area contributed by atoms with E-state index < -0.39 is 0 Å². The molecule has 2 aromatic carbocycles. The van der Waals surface area contributed by atoms with Crippen molar-refractivity contribution in [3.05, 3.63) is 65.6 Å². The van der Waals surface area contributed by atoms with E-state index in [1.807, 2.05) is 23.7 Å². The van der Waals surface area contributed by atoms with Crippen molar-refractivity contribution >= 4 is 33.1 Å². The topological polar surface area (TPSA) is 67.4 Å². The summed E-state index contributed by atoms with van der Waals surface area (Å²) in [6.45, 7) is 5.57. The number of carbonyl (C=O) groups is 1. The molecule has 34 heavy (non-hydrogen) atoms. The molecule has 174 valence electrons. The number of nitrogens with one attached hydrogen (secondary N) is 1. The first-order valence-electron chi connectivity index (χ1n) is 11.3. The van der Waals surface area contributed by atoms with Crippen LogP contribution in [0.25, 0.3) is 32.6 Å². The van der Waals surface area contributed by atoms with Crippen LogP contribution in [0.1, 0.15) is 12.0 Å². The van der Waals surface area contributed by atoms with Crippen LogP contribution in [0.15, 0.2) is 54.2 Å². The first-order valence-corrected chi connectivity index (χ1v) is 12.1. The van der Waals surface area contributed by atoms with Crippen LogP contribution in [-0.4, -0.2) is 53.6 Å². The number of thiazole rings is 1. The minimum absolute atomic E-state index is 0.0532. The Balaban J connectivity index is 1.45. The molecule has 1 amide bonds. The van der Waals surface area contributed by atoms with Crippen molar-refractivity contribution in [2.45, 2.75) is 13.3 Å². The van der Waals surface area contributed by atoms with Gasteiger partial charge >= 0.3 is 0 Å². The molecule has 5 rings (SSSR count). The first kappa shape index (κ1) is 22.6. The lowest BCUT2D eigenvalue weighted by atomic mass is 9.97. The summed E-state index contributed by atoms with van der Waals surface area (Å²) in [6, 6.07) is 13.0. The summed E-state index contributed by atoms with van der Waals surface area (Å²) in [4.78, 5) is 23.9. The van der Waals surface area contributed by atoms with Gasteiger partial charge in [-0.2, -0.15) is 0 Å². The van der Waals surface area contributed by atoms with Crippen LogP contribution in [0.2, 0.25) is 0 Å². The van der Waals surface area contributed by atoms with Gasteiger partial charge in [-0.25, -0.2) is 9.37 Å². The molecule has 1 N–H and O–H groups in total. The summed E-state index contributed by atoms with van der Waals surface area (Å²) in [7, 11) is 0. The van der Waals surface area contributed by atoms with Crippen LogP contribution in [0.3, 0.4) is 0 Å². The Bertz CT molecular complexity index is 1330. The second kappa shape index (κ2) is 9.97. The van der Waals surface area contributed by atoms with Crippen molar-refractivity contribution in [2.24, 2.45) is 0 Å². The molecule has 1 fully saturated rings. The van der Waals surface area contributed by atoms with Crippen molar-refractivity contribution < 1.29 is 13.9 Å². The third-order valence-corrected chi connectivity index (χ3v) is 6.80. The van der Waals surface area contributed by atoms with Gasteiger partial charge in [0.25, 0.3) is 0 Å². The number of hydrogen-bond acceptors (Lipinski definition) is 6. The zero-order valence-electron chi connectivity index (χ0n) is 18.9. The van der Waals surface area contributed by atoms with Crippen molar-refractivity contribution in [2.75, 3.05) is 38.2 Å². The molecule has 0 radical (unpaired) electrons. The molecule has 1 saturated heterocycles. The van der Waals surface area contributed by atoms with Gasteiger partial charge in [-0.05, 0) is 54.4 Å². The Morgan fingerprint density at radius 3 is 2.76 bits per heavy atom. The number of aryl methyl sites for hydroxylation is 1. The van der Waals surface area contributed by atoms with Gasteiger partial charge < -0.3 is 10.1 Å². The number of ether oxygens (including phenoxy) is 1. The molecule has 6 nitrogen and oxygen atoms in total. The zero-order chi connectivity index (χ0) is 23.5. The van der Waals surface area contributed by atoms with E-state index in [9.17, 15) is 9.18 Å². The summed E-state index contributed by atoms with van der Waals surface area (Å²) in [6.07, 6.45) is 2.07. The average molecular weight is 477 g/mol. The zero-order valence-corrected chi connectivity index (χ0v) is 19.7. The number of benzene rings is 2. The van der Waals surface area contributed by atoms with Gasteiger partial charge in [0, 0.05) is 37.2 Å². The number of anilines is 1. The van der Waals surface area contributed by atoms with Crippen molar-refractivity contribution in [1.29, 1.82) is 0 Å². The molecule has 1 aliphatic heterocycles. The Kier molecular flexibility index (Phi) is 6.62. The van der Waals surface area contributed by atoms with Gasteiger partial charge in [0.1, 0.15) is 5.82 Å². The number of rotatable bonds is 6. The Morgan fingerprint density at radius 1 is 1.12 bits per heavy atom. The second-order valence-corrected chi connectivity index (χ2v) is 9.26. The van der Waals surface area contributed by atoms with Gasteiger partial charge in [-0.1, -0.05) is 6.07 Å². The standard InChI is InChI=1S/C26H25FN4O2S/c1-17-12-19(2-4-22(17)27)26-21(18-3-5-23-24(13-18)34-16-29-23)14-20(15-28-26)30-25(32)6-7-31-8-10-33-11-9-31/h2-5,12-16H,6-11H2,1H3,(H,30,32). The van der Waals surface area contributed by atoms with E-state index >= 15 is 0 Å². The number of pyridine rings is 1. The Morgan fingerprint density at radius 2 is 1.94 bits per heavy atom. The molecule has 2 aromatic heterocycles. The summed E-state index contributed by atoms with van der Waals surface area (Å²) in [5.74, 6) is -0.303. The van der Waals surface area contributed by atoms with E-state index in [-0.39, 0.29) is 11.7 Å². The molecule has 3 heterocycles. The summed E-state index contributed by atoms with van der Waals surface area (Å²) >= 11 is 1.57. The predicted molar refractivity (Wildman–Crippen MR) is 133 cm³/mol. The third-order valence-electron chi connectivity index (χ3n) is 6.00. The van der Waals surface area contributed by atoms with Crippen LogP contribution < -0.4 is 5.32 Å². The van der Waals surface area contributed by atoms with Gasteiger partial charge in [-0.15, -0.1) is 11.3 Å². The van der Waals surface area contributed by atoms with E-state index in [1.54, 1.807) is 36.6 Å². The quantitative estimate of drug-likeness (QED) is 0.418. The molecular formula is C26H25FN4O2S. The molecule has 0 aliphatic carbocycles. The minimum atomic E-state index is -0.250. The van der Waals surface area contributed by atoms with Crippen LogP contribution in [0, 0.1) is 12.7 Å². The highest BCUT2D eigenvalue weighted by atomic mass is 32.1. The second-order valence-electron chi connectivity index (χ2n) is 8.37. The van der Waals surface area contributed by atoms with Crippen molar-refractivity contribution in [3.63, 3.8) is 0 Å². The highest BCUT2D eigenvalue weighted by Crippen LogP contribution is 2.35. The lowest BCUT2D eigenvalue weighted by molar-refractivity contribution is -0.116. The van der Waals surface area contributed by atoms with Gasteiger partial charge in [0.15, 0.2) is 0 Å². The lowest BCUT2D eigenvalue weighted by Crippen LogP contribution is -2.38. The van der Waals surface area contributed by atoms with Crippen LogP contribution in [0.4, 0.5) is 10.1 Å². The molecule has 1 aliphatic rings. The van der Waals surface area contributed by atoms with E-state index in [0.717, 1.165) is 45.7 Å². The Hall–Kier alpha value is -3.20. The number of fused-ring (bicyclic) bond motifs is 1. The smallest absolute Gasteiger partial charge is 0.225 e. The van der Waals surface area contributed by atoms with Crippen LogP contribution >= 0.6 is 11.3 Å². The van der Waals surface area contributed by atoms with Gasteiger partial charge in [-0.3, -0.25) is 14.7 Å². The fraction of sp³-hybridized carbons (Fsp3) is 0.269. The monoisotopic (exact) mass is 476 g/mol. The van der Waals surface area contributed by atoms with Crippen molar-refractivity contribution in [1.82, 2.24) is 14.9 Å². The fourth-order valence-corrected chi connectivity index (χ4v) is 4.82. The minimum Gasteiger partial charge on any atom is -0.379 e. The van der Waals surface area contributed by atoms with E-state index in [0.29, 0.717) is 37.4 Å². The third kappa shape index (κ3) is 4.99. The average Bonchev–Trinajstić information content (AvgIpc) is 3.33. The highest BCUT2D eigenvalue weighted by Gasteiger charge is 2.15. The van der Waals surface area contributed by atoms with Gasteiger partial charge in [0.2, 0.25) is 5.91 Å². The number of aromatic nitrogens is 2. The number of carbonyl (C=O) groups excluding carboxylic acids is 1. The molecule has 0 spiro atoms. The molecule has 0 saturated carbocycles. The lowest BCUT2D eigenvalue weighted by Gasteiger charge is -2.26. The van der Waals surface area contributed by atoms with Crippen LogP contribution in [-0.2, 0) is 9.53 Å². The summed E-state index contributed by atoms with van der Waals surface area (Å²) in [5.41, 5.74) is 7.34. The molecular weight excluding hydrogens is 451 g/mol. The number of morpholine rings is 1. The van der Waals surface area contributed by atoms with E-state index in [2.05, 4.69) is 21.3 Å². The maximum Gasteiger partial charge on any atom is 0.225 e. The van der Waals surface area contributed by atoms with E-state index in [4.69, 9.17) is 9.72 Å². The van der Waals surface area contributed by atoms with E-state index in [1.165, 1.54) is 6.07 Å². The SMILES string of the molecule is Cc1cc(-c2ncc(NC(=O)CCN3CCOCC3)cc2-c2ccc3ncsc3c2)ccc1F. The number of halogens is 1. The maximum atomic E-state index is 13.9.